The van der Waals surface area contributed by atoms with Crippen LogP contribution in [0.3, 0.4) is 0 Å². The first-order chi connectivity index (χ1) is 11.2. The van der Waals surface area contributed by atoms with Crippen LogP contribution in [0.1, 0.15) is 38.5 Å². The average Bonchev–Trinajstić information content (AvgIpc) is 2.57. The zero-order chi connectivity index (χ0) is 17.2. The number of unbranched alkanes of at least 4 members (excludes halogenated alkanes) is 2. The Kier molecular flexibility index (Phi) is 16.3. The minimum atomic E-state index is 0.627. The Bertz CT molecular complexity index is 302. The second kappa shape index (κ2) is 17.2. The topological polar surface area (TPSA) is 27.7 Å². The van der Waals surface area contributed by atoms with Gasteiger partial charge in [0.05, 0.1) is 26.4 Å². The quantitative estimate of drug-likeness (QED) is 0.266. The summed E-state index contributed by atoms with van der Waals surface area (Å²) in [7, 11) is 0. The highest BCUT2D eigenvalue weighted by atomic mass is 16.5. The Balaban J connectivity index is 3.08. The van der Waals surface area contributed by atoms with Crippen LogP contribution in [0.2, 0.25) is 0 Å². The Morgan fingerprint density at radius 2 is 0.913 bits per heavy atom. The van der Waals surface area contributed by atoms with Crippen LogP contribution < -0.4 is 0 Å². The van der Waals surface area contributed by atoms with E-state index in [0.717, 1.165) is 62.9 Å². The van der Waals surface area contributed by atoms with E-state index in [0.29, 0.717) is 26.4 Å². The number of rotatable bonds is 18. The van der Waals surface area contributed by atoms with Crippen molar-refractivity contribution in [3.05, 3.63) is 49.6 Å². The van der Waals surface area contributed by atoms with E-state index in [1.165, 1.54) is 0 Å². The van der Waals surface area contributed by atoms with E-state index in [4.69, 9.17) is 14.2 Å². The zero-order valence-corrected chi connectivity index (χ0v) is 14.7. The van der Waals surface area contributed by atoms with Crippen molar-refractivity contribution in [1.29, 1.82) is 0 Å². The fraction of sp³-hybridized carbons (Fsp3) is 0.600. The molecule has 0 radical (unpaired) electrons. The lowest BCUT2D eigenvalue weighted by Gasteiger charge is -2.07. The number of allylic oxidation sites excluding steroid dienone is 4. The van der Waals surface area contributed by atoms with Crippen molar-refractivity contribution in [2.45, 2.75) is 38.5 Å². The van der Waals surface area contributed by atoms with Gasteiger partial charge in [0.1, 0.15) is 0 Å². The van der Waals surface area contributed by atoms with Gasteiger partial charge in [-0.1, -0.05) is 49.6 Å². The van der Waals surface area contributed by atoms with E-state index >= 15 is 0 Å². The standard InChI is InChI=1S/C20H34O3/c1-5-19(3)11-7-9-13-21-15-17-23-18-16-22-14-10-8-12-20(4)6-2/h5-6H,1-4,7-18H2. The van der Waals surface area contributed by atoms with Gasteiger partial charge in [0.15, 0.2) is 0 Å². The molecule has 0 fully saturated rings. The van der Waals surface area contributed by atoms with Gasteiger partial charge in [-0.3, -0.25) is 0 Å². The molecule has 0 N–H and O–H groups in total. The van der Waals surface area contributed by atoms with Crippen molar-refractivity contribution in [2.24, 2.45) is 0 Å². The molecule has 0 atom stereocenters. The molecular formula is C20H34O3. The summed E-state index contributed by atoms with van der Waals surface area (Å²) in [6.45, 7) is 19.3. The average molecular weight is 322 g/mol. The molecule has 23 heavy (non-hydrogen) atoms. The van der Waals surface area contributed by atoms with Gasteiger partial charge in [-0.05, 0) is 38.5 Å². The van der Waals surface area contributed by atoms with Crippen molar-refractivity contribution >= 4 is 0 Å². The van der Waals surface area contributed by atoms with Gasteiger partial charge in [-0.15, -0.1) is 0 Å². The van der Waals surface area contributed by atoms with Gasteiger partial charge in [0, 0.05) is 13.2 Å². The highest BCUT2D eigenvalue weighted by Gasteiger charge is 1.94. The molecule has 0 aliphatic heterocycles. The van der Waals surface area contributed by atoms with Crippen LogP contribution in [0.25, 0.3) is 0 Å². The van der Waals surface area contributed by atoms with Crippen LogP contribution in [0.4, 0.5) is 0 Å². The molecule has 0 aromatic heterocycles. The highest BCUT2D eigenvalue weighted by molar-refractivity contribution is 5.10. The lowest BCUT2D eigenvalue weighted by Crippen LogP contribution is -2.10. The highest BCUT2D eigenvalue weighted by Crippen LogP contribution is 2.06. The van der Waals surface area contributed by atoms with Gasteiger partial charge in [0.2, 0.25) is 0 Å². The summed E-state index contributed by atoms with van der Waals surface area (Å²) in [6, 6.07) is 0. The maximum Gasteiger partial charge on any atom is 0.0701 e. The molecular weight excluding hydrogens is 288 g/mol. The lowest BCUT2D eigenvalue weighted by atomic mass is 10.1. The SMILES string of the molecule is C=CC(=C)CCCCOCCOCCOCCCCC(=C)C=C. The number of hydrogen-bond donors (Lipinski definition) is 0. The van der Waals surface area contributed by atoms with Crippen LogP contribution in [-0.2, 0) is 14.2 Å². The molecule has 0 unspecified atom stereocenters. The predicted molar refractivity (Wildman–Crippen MR) is 98.8 cm³/mol. The monoisotopic (exact) mass is 322 g/mol. The number of hydrogen-bond acceptors (Lipinski definition) is 3. The third-order valence-electron chi connectivity index (χ3n) is 3.39. The molecule has 0 aromatic carbocycles. The maximum absolute atomic E-state index is 5.50. The lowest BCUT2D eigenvalue weighted by molar-refractivity contribution is 0.0134. The summed E-state index contributed by atoms with van der Waals surface area (Å²) in [5.74, 6) is 0. The third-order valence-corrected chi connectivity index (χ3v) is 3.39. The third kappa shape index (κ3) is 17.0. The molecule has 3 nitrogen and oxygen atoms in total. The molecule has 0 aliphatic carbocycles. The molecule has 0 rings (SSSR count). The smallest absolute Gasteiger partial charge is 0.0701 e. The largest absolute Gasteiger partial charge is 0.379 e. The zero-order valence-electron chi connectivity index (χ0n) is 14.7. The van der Waals surface area contributed by atoms with E-state index < -0.39 is 0 Å². The van der Waals surface area contributed by atoms with E-state index in [1.807, 2.05) is 12.2 Å². The first-order valence-electron chi connectivity index (χ1n) is 8.54. The Hall–Kier alpha value is -1.16. The second-order valence-electron chi connectivity index (χ2n) is 5.48. The maximum atomic E-state index is 5.50. The second-order valence-corrected chi connectivity index (χ2v) is 5.48. The van der Waals surface area contributed by atoms with Crippen LogP contribution in [-0.4, -0.2) is 39.6 Å². The first kappa shape index (κ1) is 21.8. The summed E-state index contributed by atoms with van der Waals surface area (Å²) in [5.41, 5.74) is 2.19. The van der Waals surface area contributed by atoms with Gasteiger partial charge in [0.25, 0.3) is 0 Å². The normalized spacial score (nSPS) is 10.4. The van der Waals surface area contributed by atoms with Crippen molar-refractivity contribution in [3.63, 3.8) is 0 Å². The molecule has 0 saturated heterocycles. The van der Waals surface area contributed by atoms with E-state index in [2.05, 4.69) is 26.3 Å². The molecule has 0 amide bonds. The first-order valence-corrected chi connectivity index (χ1v) is 8.54. The molecule has 3 heteroatoms. The Morgan fingerprint density at radius 3 is 1.26 bits per heavy atom. The van der Waals surface area contributed by atoms with E-state index in [9.17, 15) is 0 Å². The van der Waals surface area contributed by atoms with Gasteiger partial charge >= 0.3 is 0 Å². The van der Waals surface area contributed by atoms with E-state index in [-0.39, 0.29) is 0 Å². The molecule has 0 heterocycles. The summed E-state index contributed by atoms with van der Waals surface area (Å²) in [6.07, 6.45) is 9.93. The molecule has 0 bridgehead atoms. The molecule has 0 saturated carbocycles. The summed E-state index contributed by atoms with van der Waals surface area (Å²) in [4.78, 5) is 0. The summed E-state index contributed by atoms with van der Waals surface area (Å²) < 4.78 is 16.5. The molecule has 0 aromatic rings. The van der Waals surface area contributed by atoms with Gasteiger partial charge in [-0.2, -0.15) is 0 Å². The van der Waals surface area contributed by atoms with Crippen molar-refractivity contribution in [2.75, 3.05) is 39.6 Å². The van der Waals surface area contributed by atoms with E-state index in [1.54, 1.807) is 0 Å². The summed E-state index contributed by atoms with van der Waals surface area (Å²) >= 11 is 0. The minimum absolute atomic E-state index is 0.627. The van der Waals surface area contributed by atoms with Crippen LogP contribution in [0.5, 0.6) is 0 Å². The molecule has 132 valence electrons. The fourth-order valence-corrected chi connectivity index (χ4v) is 1.86. The van der Waals surface area contributed by atoms with Crippen LogP contribution in [0, 0.1) is 0 Å². The minimum Gasteiger partial charge on any atom is -0.379 e. The fourth-order valence-electron chi connectivity index (χ4n) is 1.86. The summed E-state index contributed by atoms with van der Waals surface area (Å²) in [5, 5.41) is 0. The van der Waals surface area contributed by atoms with Crippen molar-refractivity contribution < 1.29 is 14.2 Å². The van der Waals surface area contributed by atoms with Gasteiger partial charge < -0.3 is 14.2 Å². The molecule has 0 aliphatic rings. The van der Waals surface area contributed by atoms with Gasteiger partial charge in [-0.25, -0.2) is 0 Å². The van der Waals surface area contributed by atoms with Crippen molar-refractivity contribution in [1.82, 2.24) is 0 Å². The number of ether oxygens (including phenoxy) is 3. The van der Waals surface area contributed by atoms with Crippen molar-refractivity contribution in [3.8, 4) is 0 Å². The van der Waals surface area contributed by atoms with Crippen LogP contribution >= 0.6 is 0 Å². The Morgan fingerprint density at radius 1 is 0.565 bits per heavy atom. The Labute approximate surface area is 142 Å². The predicted octanol–water partition coefficient (Wildman–Crippen LogP) is 4.86. The van der Waals surface area contributed by atoms with Crippen LogP contribution in [0.15, 0.2) is 49.6 Å². The molecule has 0 spiro atoms.